The van der Waals surface area contributed by atoms with Crippen LogP contribution in [-0.2, 0) is 29.2 Å². The lowest BCUT2D eigenvalue weighted by Crippen LogP contribution is -2.36. The van der Waals surface area contributed by atoms with E-state index in [0.717, 1.165) is 30.2 Å². The molecule has 2 aromatic carbocycles. The summed E-state index contributed by atoms with van der Waals surface area (Å²) in [4.78, 5) is 18.0. The molecule has 2 N–H and O–H groups in total. The molecule has 1 aliphatic heterocycles. The van der Waals surface area contributed by atoms with E-state index in [2.05, 4.69) is 39.9 Å². The van der Waals surface area contributed by atoms with Crippen LogP contribution in [0.3, 0.4) is 0 Å². The molecular weight excluding hydrogens is 364 g/mol. The van der Waals surface area contributed by atoms with Gasteiger partial charge < -0.3 is 20.3 Å². The molecule has 0 unspecified atom stereocenters. The number of benzene rings is 2. The average molecular weight is 395 g/mol. The maximum Gasteiger partial charge on any atom is 0.227 e. The SMILES string of the molecule is CCOCc1ccccc1CNC(=NC)NCc1ccc(N2CCCC2=O)cc1. The number of ether oxygens (including phenoxy) is 1. The van der Waals surface area contributed by atoms with Gasteiger partial charge in [0.05, 0.1) is 6.61 Å². The summed E-state index contributed by atoms with van der Waals surface area (Å²) in [7, 11) is 1.77. The summed E-state index contributed by atoms with van der Waals surface area (Å²) < 4.78 is 5.55. The van der Waals surface area contributed by atoms with Crippen molar-refractivity contribution in [1.82, 2.24) is 10.6 Å². The van der Waals surface area contributed by atoms with Gasteiger partial charge in [-0.25, -0.2) is 0 Å². The van der Waals surface area contributed by atoms with Gasteiger partial charge in [0.1, 0.15) is 0 Å². The molecule has 29 heavy (non-hydrogen) atoms. The van der Waals surface area contributed by atoms with E-state index >= 15 is 0 Å². The molecule has 1 saturated heterocycles. The number of aliphatic imine (C=N–C) groups is 1. The molecule has 1 heterocycles. The molecule has 0 spiro atoms. The molecule has 1 aliphatic rings. The molecule has 0 bridgehead atoms. The molecule has 0 saturated carbocycles. The van der Waals surface area contributed by atoms with Gasteiger partial charge >= 0.3 is 0 Å². The van der Waals surface area contributed by atoms with Gasteiger partial charge in [0, 0.05) is 45.4 Å². The summed E-state index contributed by atoms with van der Waals surface area (Å²) >= 11 is 0. The Morgan fingerprint density at radius 1 is 1.07 bits per heavy atom. The highest BCUT2D eigenvalue weighted by atomic mass is 16.5. The Morgan fingerprint density at radius 2 is 1.79 bits per heavy atom. The number of nitrogens with zero attached hydrogens (tertiary/aromatic N) is 2. The first kappa shape index (κ1) is 20.9. The minimum absolute atomic E-state index is 0.213. The first-order chi connectivity index (χ1) is 14.2. The highest BCUT2D eigenvalue weighted by Crippen LogP contribution is 2.21. The van der Waals surface area contributed by atoms with E-state index < -0.39 is 0 Å². The standard InChI is InChI=1S/C23H30N4O2/c1-3-29-17-20-8-5-4-7-19(20)16-26-23(24-2)25-15-18-10-12-21(13-11-18)27-14-6-9-22(27)28/h4-5,7-8,10-13H,3,6,9,14-17H2,1-2H3,(H2,24,25,26). The zero-order valence-corrected chi connectivity index (χ0v) is 17.3. The number of anilines is 1. The summed E-state index contributed by atoms with van der Waals surface area (Å²) in [6.07, 6.45) is 1.59. The molecule has 0 atom stereocenters. The Bertz CT molecular complexity index is 833. The van der Waals surface area contributed by atoms with Crippen LogP contribution in [-0.4, -0.2) is 32.1 Å². The zero-order chi connectivity index (χ0) is 20.5. The Morgan fingerprint density at radius 3 is 2.45 bits per heavy atom. The minimum atomic E-state index is 0.213. The maximum absolute atomic E-state index is 11.9. The van der Waals surface area contributed by atoms with Crippen LogP contribution in [0.15, 0.2) is 53.5 Å². The fourth-order valence-corrected chi connectivity index (χ4v) is 3.38. The first-order valence-corrected chi connectivity index (χ1v) is 10.2. The fourth-order valence-electron chi connectivity index (χ4n) is 3.38. The number of amides is 1. The van der Waals surface area contributed by atoms with Crippen molar-refractivity contribution in [2.45, 2.75) is 39.5 Å². The second-order valence-corrected chi connectivity index (χ2v) is 7.00. The number of rotatable bonds is 8. The molecule has 0 radical (unpaired) electrons. The third-order valence-corrected chi connectivity index (χ3v) is 5.03. The topological polar surface area (TPSA) is 66.0 Å². The quantitative estimate of drug-likeness (QED) is 0.533. The predicted octanol–water partition coefficient (Wildman–Crippen LogP) is 3.22. The third kappa shape index (κ3) is 5.81. The van der Waals surface area contributed by atoms with Crippen molar-refractivity contribution < 1.29 is 9.53 Å². The number of nitrogens with one attached hydrogen (secondary N) is 2. The number of hydrogen-bond acceptors (Lipinski definition) is 3. The first-order valence-electron chi connectivity index (χ1n) is 10.2. The number of hydrogen-bond donors (Lipinski definition) is 2. The number of carbonyl (C=O) groups is 1. The van der Waals surface area contributed by atoms with Gasteiger partial charge in [-0.2, -0.15) is 0 Å². The predicted molar refractivity (Wildman–Crippen MR) is 117 cm³/mol. The molecule has 154 valence electrons. The third-order valence-electron chi connectivity index (χ3n) is 5.03. The Hall–Kier alpha value is -2.86. The van der Waals surface area contributed by atoms with E-state index in [0.29, 0.717) is 32.7 Å². The molecule has 0 aromatic heterocycles. The van der Waals surface area contributed by atoms with Crippen LogP contribution in [0.4, 0.5) is 5.69 Å². The van der Waals surface area contributed by atoms with Crippen LogP contribution in [0.25, 0.3) is 0 Å². The van der Waals surface area contributed by atoms with Crippen molar-refractivity contribution in [3.63, 3.8) is 0 Å². The lowest BCUT2D eigenvalue weighted by molar-refractivity contribution is -0.117. The van der Waals surface area contributed by atoms with Crippen LogP contribution < -0.4 is 15.5 Å². The highest BCUT2D eigenvalue weighted by molar-refractivity contribution is 5.95. The Balaban J connectivity index is 1.51. The largest absolute Gasteiger partial charge is 0.377 e. The summed E-state index contributed by atoms with van der Waals surface area (Å²) in [5, 5.41) is 6.71. The van der Waals surface area contributed by atoms with Crippen molar-refractivity contribution in [2.24, 2.45) is 4.99 Å². The molecule has 1 fully saturated rings. The minimum Gasteiger partial charge on any atom is -0.377 e. The number of guanidine groups is 1. The van der Waals surface area contributed by atoms with Gasteiger partial charge in [-0.15, -0.1) is 0 Å². The van der Waals surface area contributed by atoms with Crippen molar-refractivity contribution in [3.05, 3.63) is 65.2 Å². The van der Waals surface area contributed by atoms with E-state index in [1.165, 1.54) is 11.1 Å². The van der Waals surface area contributed by atoms with Gasteiger partial charge in [-0.3, -0.25) is 9.79 Å². The van der Waals surface area contributed by atoms with E-state index in [9.17, 15) is 4.79 Å². The van der Waals surface area contributed by atoms with Gasteiger partial charge in [0.15, 0.2) is 5.96 Å². The molecule has 2 aromatic rings. The van der Waals surface area contributed by atoms with Crippen LogP contribution in [0, 0.1) is 0 Å². The smallest absolute Gasteiger partial charge is 0.227 e. The summed E-state index contributed by atoms with van der Waals surface area (Å²) in [5.74, 6) is 0.958. The van der Waals surface area contributed by atoms with E-state index in [4.69, 9.17) is 4.74 Å². The van der Waals surface area contributed by atoms with Crippen LogP contribution in [0.1, 0.15) is 36.5 Å². The van der Waals surface area contributed by atoms with Gasteiger partial charge in [-0.05, 0) is 42.2 Å². The highest BCUT2D eigenvalue weighted by Gasteiger charge is 2.21. The van der Waals surface area contributed by atoms with Crippen molar-refractivity contribution >= 4 is 17.6 Å². The molecule has 6 heteroatoms. The Kier molecular flexibility index (Phi) is 7.64. The summed E-state index contributed by atoms with van der Waals surface area (Å²) in [6, 6.07) is 16.4. The van der Waals surface area contributed by atoms with Crippen LogP contribution in [0.2, 0.25) is 0 Å². The van der Waals surface area contributed by atoms with E-state index in [-0.39, 0.29) is 5.91 Å². The maximum atomic E-state index is 11.9. The summed E-state index contributed by atoms with van der Waals surface area (Å²) in [5.41, 5.74) is 4.50. The van der Waals surface area contributed by atoms with Crippen molar-refractivity contribution in [2.75, 3.05) is 25.1 Å². The molecule has 1 amide bonds. The molecule has 6 nitrogen and oxygen atoms in total. The van der Waals surface area contributed by atoms with Gasteiger partial charge in [0.25, 0.3) is 0 Å². The fraction of sp³-hybridized carbons (Fsp3) is 0.391. The van der Waals surface area contributed by atoms with E-state index in [1.54, 1.807) is 7.05 Å². The average Bonchev–Trinajstić information content (AvgIpc) is 3.19. The van der Waals surface area contributed by atoms with Crippen LogP contribution >= 0.6 is 0 Å². The molecule has 0 aliphatic carbocycles. The monoisotopic (exact) mass is 394 g/mol. The van der Waals surface area contributed by atoms with Crippen molar-refractivity contribution in [1.29, 1.82) is 0 Å². The molecule has 3 rings (SSSR count). The van der Waals surface area contributed by atoms with E-state index in [1.807, 2.05) is 36.1 Å². The van der Waals surface area contributed by atoms with Gasteiger partial charge in [0.2, 0.25) is 5.91 Å². The lowest BCUT2D eigenvalue weighted by Gasteiger charge is -2.17. The van der Waals surface area contributed by atoms with Crippen molar-refractivity contribution in [3.8, 4) is 0 Å². The van der Waals surface area contributed by atoms with Crippen LogP contribution in [0.5, 0.6) is 0 Å². The lowest BCUT2D eigenvalue weighted by atomic mass is 10.1. The summed E-state index contributed by atoms with van der Waals surface area (Å²) in [6.45, 7) is 5.48. The number of carbonyl (C=O) groups excluding carboxylic acids is 1. The second-order valence-electron chi connectivity index (χ2n) is 7.00. The normalized spacial score (nSPS) is 14.3. The Labute approximate surface area is 173 Å². The molecular formula is C23H30N4O2. The van der Waals surface area contributed by atoms with Gasteiger partial charge in [-0.1, -0.05) is 36.4 Å². The zero-order valence-electron chi connectivity index (χ0n) is 17.3. The second kappa shape index (κ2) is 10.6.